The Hall–Kier alpha value is -1.47. The number of halogens is 1. The molecule has 1 fully saturated rings. The Morgan fingerprint density at radius 1 is 1.25 bits per heavy atom. The van der Waals surface area contributed by atoms with Crippen molar-refractivity contribution in [2.45, 2.75) is 56.4 Å². The Kier molecular flexibility index (Phi) is 6.74. The molecule has 1 atom stereocenters. The number of amides is 1. The Morgan fingerprint density at radius 3 is 2.62 bits per heavy atom. The molecule has 1 aliphatic rings. The molecule has 1 unspecified atom stereocenters. The minimum absolute atomic E-state index is 0.0199. The van der Waals surface area contributed by atoms with Gasteiger partial charge in [-0.25, -0.2) is 12.8 Å². The molecule has 7 heteroatoms. The number of carbonyl (C=O) groups is 1. The van der Waals surface area contributed by atoms with Crippen LogP contribution in [0.4, 0.5) is 4.39 Å². The van der Waals surface area contributed by atoms with Crippen molar-refractivity contribution in [2.75, 3.05) is 13.1 Å². The second kappa shape index (κ2) is 8.58. The van der Waals surface area contributed by atoms with Gasteiger partial charge < -0.3 is 5.32 Å². The molecule has 0 bridgehead atoms. The molecular formula is C17H25FN2O3S. The van der Waals surface area contributed by atoms with Crippen molar-refractivity contribution < 1.29 is 17.6 Å². The minimum atomic E-state index is -3.78. The summed E-state index contributed by atoms with van der Waals surface area (Å²) in [6.45, 7) is 3.00. The van der Waals surface area contributed by atoms with Gasteiger partial charge in [0, 0.05) is 13.1 Å². The molecule has 1 N–H and O–H groups in total. The topological polar surface area (TPSA) is 66.5 Å². The molecule has 0 aromatic heterocycles. The fourth-order valence-corrected chi connectivity index (χ4v) is 4.57. The molecule has 1 saturated heterocycles. The second-order valence-electron chi connectivity index (χ2n) is 6.08. The van der Waals surface area contributed by atoms with Crippen LogP contribution in [0.1, 0.15) is 45.4 Å². The Morgan fingerprint density at radius 2 is 1.96 bits per heavy atom. The Balaban J connectivity index is 2.01. The second-order valence-corrected chi connectivity index (χ2v) is 7.97. The maximum Gasteiger partial charge on any atom is 0.243 e. The highest BCUT2D eigenvalue weighted by molar-refractivity contribution is 7.89. The van der Waals surface area contributed by atoms with Crippen LogP contribution >= 0.6 is 0 Å². The average Bonchev–Trinajstić information content (AvgIpc) is 3.05. The maximum atomic E-state index is 13.0. The molecule has 0 saturated carbocycles. The van der Waals surface area contributed by atoms with Gasteiger partial charge in [0.25, 0.3) is 0 Å². The Bertz CT molecular complexity index is 646. The van der Waals surface area contributed by atoms with Crippen LogP contribution in [0.5, 0.6) is 0 Å². The third-order valence-corrected chi connectivity index (χ3v) is 6.18. The van der Waals surface area contributed by atoms with Crippen LogP contribution in [0.3, 0.4) is 0 Å². The van der Waals surface area contributed by atoms with E-state index in [1.807, 2.05) is 0 Å². The van der Waals surface area contributed by atoms with Crippen LogP contribution in [0.15, 0.2) is 29.2 Å². The SMILES string of the molecule is CCCCCCNC(=O)C1CCCN1S(=O)(=O)c1ccc(F)cc1. The summed E-state index contributed by atoms with van der Waals surface area (Å²) in [5.74, 6) is -0.730. The lowest BCUT2D eigenvalue weighted by molar-refractivity contribution is -0.124. The van der Waals surface area contributed by atoms with Crippen LogP contribution < -0.4 is 5.32 Å². The molecule has 5 nitrogen and oxygen atoms in total. The van der Waals surface area contributed by atoms with Gasteiger partial charge in [0.2, 0.25) is 15.9 Å². The normalized spacial score (nSPS) is 18.7. The smallest absolute Gasteiger partial charge is 0.243 e. The molecule has 1 aromatic rings. The van der Waals surface area contributed by atoms with Gasteiger partial charge in [-0.3, -0.25) is 4.79 Å². The number of unbranched alkanes of at least 4 members (excludes halogenated alkanes) is 3. The van der Waals surface area contributed by atoms with Gasteiger partial charge in [0.1, 0.15) is 11.9 Å². The van der Waals surface area contributed by atoms with Crippen LogP contribution in [-0.4, -0.2) is 37.8 Å². The summed E-state index contributed by atoms with van der Waals surface area (Å²) in [4.78, 5) is 12.4. The van der Waals surface area contributed by atoms with Gasteiger partial charge in [-0.1, -0.05) is 26.2 Å². The lowest BCUT2D eigenvalue weighted by Gasteiger charge is -2.23. The van der Waals surface area contributed by atoms with Crippen molar-refractivity contribution in [3.8, 4) is 0 Å². The summed E-state index contributed by atoms with van der Waals surface area (Å²) >= 11 is 0. The van der Waals surface area contributed by atoms with Crippen molar-refractivity contribution >= 4 is 15.9 Å². The first kappa shape index (κ1) is 18.9. The summed E-state index contributed by atoms with van der Waals surface area (Å²) in [5, 5.41) is 2.84. The molecule has 1 aliphatic heterocycles. The highest BCUT2D eigenvalue weighted by Gasteiger charge is 2.39. The average molecular weight is 356 g/mol. The number of benzene rings is 1. The number of sulfonamides is 1. The molecule has 2 rings (SSSR count). The number of nitrogens with zero attached hydrogens (tertiary/aromatic N) is 1. The minimum Gasteiger partial charge on any atom is -0.355 e. The van der Waals surface area contributed by atoms with E-state index < -0.39 is 21.9 Å². The zero-order chi connectivity index (χ0) is 17.6. The predicted molar refractivity (Wildman–Crippen MR) is 90.5 cm³/mol. The first-order valence-corrected chi connectivity index (χ1v) is 9.96. The standard InChI is InChI=1S/C17H25FN2O3S/c1-2-3-4-5-12-19-17(21)16-7-6-13-20(16)24(22,23)15-10-8-14(18)9-11-15/h8-11,16H,2-7,12-13H2,1H3,(H,19,21). The Labute approximate surface area is 143 Å². The predicted octanol–water partition coefficient (Wildman–Crippen LogP) is 2.68. The van der Waals surface area contributed by atoms with Crippen LogP contribution in [0.2, 0.25) is 0 Å². The molecular weight excluding hydrogens is 331 g/mol. The largest absolute Gasteiger partial charge is 0.355 e. The van der Waals surface area contributed by atoms with E-state index in [-0.39, 0.29) is 10.8 Å². The number of rotatable bonds is 8. The van der Waals surface area contributed by atoms with Crippen LogP contribution in [0, 0.1) is 5.82 Å². The zero-order valence-corrected chi connectivity index (χ0v) is 14.8. The third-order valence-electron chi connectivity index (χ3n) is 4.26. The first-order valence-electron chi connectivity index (χ1n) is 8.52. The quantitative estimate of drug-likeness (QED) is 0.728. The maximum absolute atomic E-state index is 13.0. The van der Waals surface area contributed by atoms with Gasteiger partial charge in [0.15, 0.2) is 0 Å². The van der Waals surface area contributed by atoms with Crippen LogP contribution in [-0.2, 0) is 14.8 Å². The van der Waals surface area contributed by atoms with E-state index in [0.29, 0.717) is 25.9 Å². The number of hydrogen-bond donors (Lipinski definition) is 1. The van der Waals surface area contributed by atoms with E-state index in [4.69, 9.17) is 0 Å². The molecule has 1 heterocycles. The van der Waals surface area contributed by atoms with Gasteiger partial charge in [-0.05, 0) is 43.5 Å². The van der Waals surface area contributed by atoms with Crippen molar-refractivity contribution in [2.24, 2.45) is 0 Å². The molecule has 134 valence electrons. The van der Waals surface area contributed by atoms with Gasteiger partial charge in [-0.2, -0.15) is 4.31 Å². The fourth-order valence-electron chi connectivity index (χ4n) is 2.91. The summed E-state index contributed by atoms with van der Waals surface area (Å²) in [6, 6.07) is 4.04. The first-order chi connectivity index (χ1) is 11.5. The van der Waals surface area contributed by atoms with E-state index >= 15 is 0 Å². The van der Waals surface area contributed by atoms with E-state index in [2.05, 4.69) is 12.2 Å². The summed E-state index contributed by atoms with van der Waals surface area (Å²) in [7, 11) is -3.78. The van der Waals surface area contributed by atoms with Crippen molar-refractivity contribution in [1.29, 1.82) is 0 Å². The molecule has 0 spiro atoms. The lowest BCUT2D eigenvalue weighted by Crippen LogP contribution is -2.46. The highest BCUT2D eigenvalue weighted by Crippen LogP contribution is 2.26. The van der Waals surface area contributed by atoms with E-state index in [0.717, 1.165) is 37.8 Å². The zero-order valence-electron chi connectivity index (χ0n) is 14.0. The summed E-state index contributed by atoms with van der Waals surface area (Å²) in [6.07, 6.45) is 5.37. The van der Waals surface area contributed by atoms with Crippen molar-refractivity contribution in [3.63, 3.8) is 0 Å². The highest BCUT2D eigenvalue weighted by atomic mass is 32.2. The van der Waals surface area contributed by atoms with Gasteiger partial charge in [-0.15, -0.1) is 0 Å². The molecule has 24 heavy (non-hydrogen) atoms. The van der Waals surface area contributed by atoms with Crippen molar-refractivity contribution in [3.05, 3.63) is 30.1 Å². The van der Waals surface area contributed by atoms with Crippen LogP contribution in [0.25, 0.3) is 0 Å². The van der Waals surface area contributed by atoms with E-state index in [1.54, 1.807) is 0 Å². The monoisotopic (exact) mass is 356 g/mol. The van der Waals surface area contributed by atoms with E-state index in [1.165, 1.54) is 16.4 Å². The number of nitrogens with one attached hydrogen (secondary N) is 1. The number of carbonyl (C=O) groups excluding carboxylic acids is 1. The summed E-state index contributed by atoms with van der Waals surface area (Å²) < 4.78 is 39.6. The van der Waals surface area contributed by atoms with Crippen molar-refractivity contribution in [1.82, 2.24) is 9.62 Å². The number of hydrogen-bond acceptors (Lipinski definition) is 3. The lowest BCUT2D eigenvalue weighted by atomic mass is 10.2. The third kappa shape index (κ3) is 4.54. The van der Waals surface area contributed by atoms with Gasteiger partial charge >= 0.3 is 0 Å². The van der Waals surface area contributed by atoms with Gasteiger partial charge in [0.05, 0.1) is 4.90 Å². The summed E-state index contributed by atoms with van der Waals surface area (Å²) in [5.41, 5.74) is 0. The molecule has 1 aromatic carbocycles. The molecule has 0 aliphatic carbocycles. The molecule has 1 amide bonds. The van der Waals surface area contributed by atoms with E-state index in [9.17, 15) is 17.6 Å². The molecule has 0 radical (unpaired) electrons. The fraction of sp³-hybridized carbons (Fsp3) is 0.588.